The van der Waals surface area contributed by atoms with E-state index in [2.05, 4.69) is 48.7 Å². The molecule has 3 rings (SSSR count). The van der Waals surface area contributed by atoms with Crippen molar-refractivity contribution in [3.05, 3.63) is 47.5 Å². The molecular weight excluding hydrogens is 206 g/mol. The molecule has 1 nitrogen and oxygen atoms in total. The molecule has 1 aromatic carbocycles. The third kappa shape index (κ3) is 2.61. The maximum Gasteiger partial charge on any atom is 0.0351 e. The molecule has 0 heterocycles. The van der Waals surface area contributed by atoms with Crippen LogP contribution in [-0.2, 0) is 0 Å². The van der Waals surface area contributed by atoms with Gasteiger partial charge < -0.3 is 5.32 Å². The molecule has 0 radical (unpaired) electrons. The van der Waals surface area contributed by atoms with Gasteiger partial charge in [0.05, 0.1) is 0 Å². The molecule has 1 aromatic rings. The first-order valence-corrected chi connectivity index (χ1v) is 6.80. The average molecular weight is 227 g/mol. The Morgan fingerprint density at radius 1 is 1.06 bits per heavy atom. The minimum absolute atomic E-state index is 0.584. The lowest BCUT2D eigenvalue weighted by Gasteiger charge is -2.23. The largest absolute Gasteiger partial charge is 0.306 e. The SMILES string of the molecule is Cc1ccc(C(NC2CC=CC2)C2CC2)cc1. The minimum Gasteiger partial charge on any atom is -0.306 e. The summed E-state index contributed by atoms with van der Waals surface area (Å²) in [5.41, 5.74) is 2.83. The molecule has 0 bridgehead atoms. The Labute approximate surface area is 104 Å². The maximum absolute atomic E-state index is 3.85. The maximum atomic E-state index is 3.85. The number of benzene rings is 1. The number of hydrogen-bond donors (Lipinski definition) is 1. The Morgan fingerprint density at radius 2 is 1.71 bits per heavy atom. The Morgan fingerprint density at radius 3 is 2.29 bits per heavy atom. The standard InChI is InChI=1S/C16H21N/c1-12-6-8-13(9-7-12)16(14-10-11-14)17-15-4-2-3-5-15/h2-3,6-9,14-17H,4-5,10-11H2,1H3. The molecule has 1 atom stereocenters. The zero-order valence-corrected chi connectivity index (χ0v) is 10.5. The van der Waals surface area contributed by atoms with Gasteiger partial charge in [0.2, 0.25) is 0 Å². The molecule has 17 heavy (non-hydrogen) atoms. The van der Waals surface area contributed by atoms with Gasteiger partial charge in [-0.3, -0.25) is 0 Å². The van der Waals surface area contributed by atoms with E-state index in [1.807, 2.05) is 0 Å². The van der Waals surface area contributed by atoms with Crippen LogP contribution in [0.3, 0.4) is 0 Å². The number of hydrogen-bond acceptors (Lipinski definition) is 1. The third-order valence-electron chi connectivity index (χ3n) is 3.95. The van der Waals surface area contributed by atoms with E-state index in [1.54, 1.807) is 0 Å². The van der Waals surface area contributed by atoms with Gasteiger partial charge in [0.1, 0.15) is 0 Å². The van der Waals surface area contributed by atoms with Crippen molar-refractivity contribution in [3.8, 4) is 0 Å². The van der Waals surface area contributed by atoms with Gasteiger partial charge in [-0.25, -0.2) is 0 Å². The zero-order chi connectivity index (χ0) is 11.7. The van der Waals surface area contributed by atoms with Gasteiger partial charge in [0.25, 0.3) is 0 Å². The smallest absolute Gasteiger partial charge is 0.0351 e. The van der Waals surface area contributed by atoms with E-state index >= 15 is 0 Å². The average Bonchev–Trinajstić information content (AvgIpc) is 3.05. The highest BCUT2D eigenvalue weighted by atomic mass is 15.0. The molecule has 90 valence electrons. The van der Waals surface area contributed by atoms with Gasteiger partial charge in [-0.2, -0.15) is 0 Å². The fraction of sp³-hybridized carbons (Fsp3) is 0.500. The van der Waals surface area contributed by atoms with E-state index < -0.39 is 0 Å². The molecule has 0 spiro atoms. The number of rotatable bonds is 4. The topological polar surface area (TPSA) is 12.0 Å². The predicted octanol–water partition coefficient (Wildman–Crippen LogP) is 3.75. The summed E-state index contributed by atoms with van der Waals surface area (Å²) in [6.45, 7) is 2.16. The predicted molar refractivity (Wildman–Crippen MR) is 71.9 cm³/mol. The van der Waals surface area contributed by atoms with Crippen LogP contribution >= 0.6 is 0 Å². The van der Waals surface area contributed by atoms with E-state index in [0.717, 1.165) is 5.92 Å². The lowest BCUT2D eigenvalue weighted by Crippen LogP contribution is -2.32. The summed E-state index contributed by atoms with van der Waals surface area (Å²) in [5, 5.41) is 3.85. The van der Waals surface area contributed by atoms with Crippen LogP contribution in [0.2, 0.25) is 0 Å². The second-order valence-corrected chi connectivity index (χ2v) is 5.53. The van der Waals surface area contributed by atoms with Crippen molar-refractivity contribution in [2.75, 3.05) is 0 Å². The van der Waals surface area contributed by atoms with E-state index in [0.29, 0.717) is 12.1 Å². The molecular formula is C16H21N. The van der Waals surface area contributed by atoms with Crippen LogP contribution < -0.4 is 5.32 Å². The highest BCUT2D eigenvalue weighted by molar-refractivity contribution is 5.26. The van der Waals surface area contributed by atoms with Crippen molar-refractivity contribution in [2.45, 2.75) is 44.7 Å². The lowest BCUT2D eigenvalue weighted by molar-refractivity contribution is 0.413. The van der Waals surface area contributed by atoms with Gasteiger partial charge in [-0.15, -0.1) is 0 Å². The minimum atomic E-state index is 0.584. The molecule has 0 aliphatic heterocycles. The van der Waals surface area contributed by atoms with E-state index in [9.17, 15) is 0 Å². The number of nitrogens with one attached hydrogen (secondary N) is 1. The zero-order valence-electron chi connectivity index (χ0n) is 10.5. The third-order valence-corrected chi connectivity index (χ3v) is 3.95. The molecule has 1 saturated carbocycles. The van der Waals surface area contributed by atoms with E-state index in [-0.39, 0.29) is 0 Å². The molecule has 1 heteroatoms. The Bertz CT molecular complexity index is 392. The highest BCUT2D eigenvalue weighted by Gasteiger charge is 2.33. The second kappa shape index (κ2) is 4.66. The Balaban J connectivity index is 1.72. The Kier molecular flexibility index (Phi) is 3.02. The van der Waals surface area contributed by atoms with Crippen LogP contribution in [0, 0.1) is 12.8 Å². The summed E-state index contributed by atoms with van der Waals surface area (Å²) in [7, 11) is 0. The van der Waals surface area contributed by atoms with Crippen LogP contribution in [-0.4, -0.2) is 6.04 Å². The molecule has 0 saturated heterocycles. The summed E-state index contributed by atoms with van der Waals surface area (Å²) in [6.07, 6.45) is 9.80. The fourth-order valence-corrected chi connectivity index (χ4v) is 2.72. The Hall–Kier alpha value is -1.08. The van der Waals surface area contributed by atoms with Gasteiger partial charge in [-0.1, -0.05) is 42.0 Å². The van der Waals surface area contributed by atoms with E-state index in [1.165, 1.54) is 36.8 Å². The van der Waals surface area contributed by atoms with Crippen molar-refractivity contribution in [1.29, 1.82) is 0 Å². The summed E-state index contributed by atoms with van der Waals surface area (Å²) in [6, 6.07) is 10.3. The molecule has 1 unspecified atom stereocenters. The molecule has 0 aromatic heterocycles. The quantitative estimate of drug-likeness (QED) is 0.772. The van der Waals surface area contributed by atoms with Gasteiger partial charge in [0.15, 0.2) is 0 Å². The first-order valence-electron chi connectivity index (χ1n) is 6.80. The number of aryl methyl sites for hydroxylation is 1. The first kappa shape index (κ1) is 11.0. The highest BCUT2D eigenvalue weighted by Crippen LogP contribution is 2.41. The van der Waals surface area contributed by atoms with Crippen LogP contribution in [0.25, 0.3) is 0 Å². The molecule has 1 N–H and O–H groups in total. The molecule has 0 amide bonds. The van der Waals surface area contributed by atoms with Gasteiger partial charge in [0, 0.05) is 12.1 Å². The first-order chi connectivity index (χ1) is 8.33. The molecule has 2 aliphatic carbocycles. The lowest BCUT2D eigenvalue weighted by atomic mass is 9.99. The molecule has 1 fully saturated rings. The van der Waals surface area contributed by atoms with Crippen molar-refractivity contribution >= 4 is 0 Å². The monoisotopic (exact) mass is 227 g/mol. The van der Waals surface area contributed by atoms with Crippen molar-refractivity contribution < 1.29 is 0 Å². The van der Waals surface area contributed by atoms with Crippen LogP contribution in [0.1, 0.15) is 42.9 Å². The second-order valence-electron chi connectivity index (χ2n) is 5.53. The van der Waals surface area contributed by atoms with E-state index in [4.69, 9.17) is 0 Å². The summed E-state index contributed by atoms with van der Waals surface area (Å²) in [4.78, 5) is 0. The van der Waals surface area contributed by atoms with Crippen LogP contribution in [0.5, 0.6) is 0 Å². The van der Waals surface area contributed by atoms with Crippen molar-refractivity contribution in [2.24, 2.45) is 5.92 Å². The van der Waals surface area contributed by atoms with Gasteiger partial charge in [-0.05, 0) is 44.1 Å². The van der Waals surface area contributed by atoms with Crippen LogP contribution in [0.4, 0.5) is 0 Å². The normalized spacial score (nSPS) is 21.9. The van der Waals surface area contributed by atoms with Gasteiger partial charge >= 0.3 is 0 Å². The van der Waals surface area contributed by atoms with Crippen LogP contribution in [0.15, 0.2) is 36.4 Å². The summed E-state index contributed by atoms with van der Waals surface area (Å²) in [5.74, 6) is 0.873. The summed E-state index contributed by atoms with van der Waals surface area (Å²) < 4.78 is 0. The van der Waals surface area contributed by atoms with Crippen molar-refractivity contribution in [1.82, 2.24) is 5.32 Å². The summed E-state index contributed by atoms with van der Waals surface area (Å²) >= 11 is 0. The molecule has 2 aliphatic rings. The van der Waals surface area contributed by atoms with Crippen molar-refractivity contribution in [3.63, 3.8) is 0 Å². The fourth-order valence-electron chi connectivity index (χ4n) is 2.72.